The molecule has 0 aliphatic carbocycles. The van der Waals surface area contributed by atoms with E-state index in [2.05, 4.69) is 19.7 Å². The highest BCUT2D eigenvalue weighted by Crippen LogP contribution is 1.97. The summed E-state index contributed by atoms with van der Waals surface area (Å²) in [6.07, 6.45) is 8.24. The topological polar surface area (TPSA) is 37.3 Å². The summed E-state index contributed by atoms with van der Waals surface area (Å²) in [6, 6.07) is 10.0. The third kappa shape index (κ3) is 16.1. The molecule has 2 heteroatoms. The lowest BCUT2D eigenvalue weighted by molar-refractivity contribution is -0.131. The van der Waals surface area contributed by atoms with E-state index in [1.54, 1.807) is 6.08 Å². The van der Waals surface area contributed by atoms with Gasteiger partial charge in [-0.25, -0.2) is 4.79 Å². The second kappa shape index (κ2) is 14.6. The first-order valence-electron chi connectivity index (χ1n) is 5.38. The van der Waals surface area contributed by atoms with Crippen LogP contribution in [0.1, 0.15) is 12.5 Å². The molecule has 0 spiro atoms. The zero-order valence-electron chi connectivity index (χ0n) is 10.8. The van der Waals surface area contributed by atoms with Gasteiger partial charge >= 0.3 is 5.97 Å². The van der Waals surface area contributed by atoms with Crippen molar-refractivity contribution in [3.05, 3.63) is 79.9 Å². The monoisotopic (exact) mass is 244 g/mol. The molecule has 96 valence electrons. The molecule has 1 N–H and O–H groups in total. The van der Waals surface area contributed by atoms with Crippen molar-refractivity contribution in [3.63, 3.8) is 0 Å². The van der Waals surface area contributed by atoms with Gasteiger partial charge in [0.2, 0.25) is 0 Å². The lowest BCUT2D eigenvalue weighted by Gasteiger charge is -1.85. The Morgan fingerprint density at radius 3 is 1.83 bits per heavy atom. The fourth-order valence-electron chi connectivity index (χ4n) is 0.725. The average molecular weight is 244 g/mol. The van der Waals surface area contributed by atoms with Crippen LogP contribution in [0, 0.1) is 0 Å². The van der Waals surface area contributed by atoms with Crippen molar-refractivity contribution in [1.82, 2.24) is 0 Å². The summed E-state index contributed by atoms with van der Waals surface area (Å²) in [6.45, 7) is 12.0. The number of rotatable bonds is 3. The van der Waals surface area contributed by atoms with Crippen LogP contribution in [-0.2, 0) is 4.79 Å². The number of benzene rings is 1. The quantitative estimate of drug-likeness (QED) is 0.634. The van der Waals surface area contributed by atoms with Gasteiger partial charge in [-0.1, -0.05) is 74.4 Å². The molecule has 0 unspecified atom stereocenters. The van der Waals surface area contributed by atoms with Gasteiger partial charge in [0.15, 0.2) is 0 Å². The molecule has 0 fully saturated rings. The van der Waals surface area contributed by atoms with Crippen LogP contribution in [0.4, 0.5) is 0 Å². The van der Waals surface area contributed by atoms with Gasteiger partial charge in [0, 0.05) is 6.08 Å². The Labute approximate surface area is 109 Å². The molecular weight excluding hydrogens is 224 g/mol. The highest BCUT2D eigenvalue weighted by Gasteiger charge is 1.75. The summed E-state index contributed by atoms with van der Waals surface area (Å²) >= 11 is 0. The second-order valence-electron chi connectivity index (χ2n) is 2.92. The molecule has 0 aliphatic rings. The zero-order valence-corrected chi connectivity index (χ0v) is 10.8. The minimum atomic E-state index is -0.981. The number of allylic oxidation sites excluding steroid dienone is 3. The van der Waals surface area contributed by atoms with Crippen molar-refractivity contribution in [1.29, 1.82) is 0 Å². The summed E-state index contributed by atoms with van der Waals surface area (Å²) < 4.78 is 0. The van der Waals surface area contributed by atoms with Gasteiger partial charge in [-0.2, -0.15) is 0 Å². The average Bonchev–Trinajstić information content (AvgIpc) is 2.42. The molecule has 0 aromatic heterocycles. The molecule has 1 rings (SSSR count). The highest BCUT2D eigenvalue weighted by molar-refractivity contribution is 5.78. The number of aliphatic carboxylic acids is 1. The minimum absolute atomic E-state index is 0.833. The normalized spacial score (nSPS) is 8.06. The van der Waals surface area contributed by atoms with E-state index >= 15 is 0 Å². The number of carboxylic acids is 1. The van der Waals surface area contributed by atoms with Crippen LogP contribution in [0.25, 0.3) is 6.08 Å². The largest absolute Gasteiger partial charge is 0.478 e. The Kier molecular flexibility index (Phi) is 14.7. The van der Waals surface area contributed by atoms with Crippen molar-refractivity contribution >= 4 is 12.0 Å². The first kappa shape index (κ1) is 18.0. The van der Waals surface area contributed by atoms with E-state index in [-0.39, 0.29) is 0 Å². The molecule has 2 nitrogen and oxygen atoms in total. The van der Waals surface area contributed by atoms with Crippen molar-refractivity contribution in [2.75, 3.05) is 0 Å². The van der Waals surface area contributed by atoms with E-state index in [4.69, 9.17) is 5.11 Å². The molecular formula is C16H20O2. The molecule has 0 atom stereocenters. The number of hydrogen-bond donors (Lipinski definition) is 1. The molecule has 0 heterocycles. The highest BCUT2D eigenvalue weighted by atomic mass is 16.4. The molecule has 1 aromatic rings. The van der Waals surface area contributed by atoms with Crippen LogP contribution in [-0.4, -0.2) is 11.1 Å². The number of hydrogen-bond acceptors (Lipinski definition) is 1. The van der Waals surface area contributed by atoms with E-state index in [1.807, 2.05) is 55.5 Å². The molecule has 0 saturated carbocycles. The van der Waals surface area contributed by atoms with E-state index in [0.29, 0.717) is 0 Å². The summed E-state index contributed by atoms with van der Waals surface area (Å²) in [5.41, 5.74) is 1.17. The van der Waals surface area contributed by atoms with Crippen molar-refractivity contribution in [2.45, 2.75) is 6.92 Å². The Hall–Kier alpha value is -2.35. The third-order valence-corrected chi connectivity index (χ3v) is 1.54. The first-order chi connectivity index (χ1) is 8.62. The molecule has 0 amide bonds. The standard InChI is InChI=1S/C8H8.C5H8.C3H4O2/c1-2-8-6-4-3-5-7-8;1-3-5-4-2;1-2-3(4)5/h2-7H,1H2;3-5H,1H2,2H3;2H,1H2,(H,4,5). The second-order valence-corrected chi connectivity index (χ2v) is 2.92. The van der Waals surface area contributed by atoms with Crippen LogP contribution in [0.2, 0.25) is 0 Å². The number of carbonyl (C=O) groups is 1. The van der Waals surface area contributed by atoms with Gasteiger partial charge < -0.3 is 5.11 Å². The number of carboxylic acid groups (broad SMARTS) is 1. The Morgan fingerprint density at radius 1 is 1.17 bits per heavy atom. The minimum Gasteiger partial charge on any atom is -0.478 e. The molecule has 0 bridgehead atoms. The Morgan fingerprint density at radius 2 is 1.67 bits per heavy atom. The van der Waals surface area contributed by atoms with E-state index in [1.165, 1.54) is 5.56 Å². The lowest BCUT2D eigenvalue weighted by Crippen LogP contribution is -1.82. The summed E-state index contributed by atoms with van der Waals surface area (Å²) in [7, 11) is 0. The van der Waals surface area contributed by atoms with E-state index in [9.17, 15) is 4.79 Å². The zero-order chi connectivity index (χ0) is 14.2. The van der Waals surface area contributed by atoms with Gasteiger partial charge in [0.1, 0.15) is 0 Å². The maximum absolute atomic E-state index is 9.25. The maximum Gasteiger partial charge on any atom is 0.327 e. The van der Waals surface area contributed by atoms with Crippen LogP contribution in [0.3, 0.4) is 0 Å². The smallest absolute Gasteiger partial charge is 0.327 e. The molecule has 0 radical (unpaired) electrons. The van der Waals surface area contributed by atoms with Crippen LogP contribution >= 0.6 is 0 Å². The molecule has 18 heavy (non-hydrogen) atoms. The van der Waals surface area contributed by atoms with E-state index < -0.39 is 5.97 Å². The van der Waals surface area contributed by atoms with Gasteiger partial charge in [-0.15, -0.1) is 0 Å². The summed E-state index contributed by atoms with van der Waals surface area (Å²) in [5.74, 6) is -0.981. The molecule has 1 aromatic carbocycles. The SMILES string of the molecule is C=CC(=O)O.C=CC=CC.C=Cc1ccccc1. The Bertz CT molecular complexity index is 375. The molecule has 0 saturated heterocycles. The summed E-state index contributed by atoms with van der Waals surface area (Å²) in [4.78, 5) is 9.25. The van der Waals surface area contributed by atoms with Crippen LogP contribution in [0.15, 0.2) is 74.4 Å². The van der Waals surface area contributed by atoms with Crippen molar-refractivity contribution in [3.8, 4) is 0 Å². The van der Waals surface area contributed by atoms with Crippen molar-refractivity contribution in [2.24, 2.45) is 0 Å². The summed E-state index contributed by atoms with van der Waals surface area (Å²) in [5, 5.41) is 7.60. The first-order valence-corrected chi connectivity index (χ1v) is 5.38. The molecule has 0 aliphatic heterocycles. The predicted octanol–water partition coefficient (Wildman–Crippen LogP) is 4.34. The van der Waals surface area contributed by atoms with Crippen LogP contribution in [0.5, 0.6) is 0 Å². The van der Waals surface area contributed by atoms with Gasteiger partial charge in [-0.3, -0.25) is 0 Å². The fourth-order valence-corrected chi connectivity index (χ4v) is 0.725. The van der Waals surface area contributed by atoms with Gasteiger partial charge in [-0.05, 0) is 12.5 Å². The Balaban J connectivity index is 0. The predicted molar refractivity (Wildman–Crippen MR) is 79.4 cm³/mol. The van der Waals surface area contributed by atoms with E-state index in [0.717, 1.165) is 6.08 Å². The third-order valence-electron chi connectivity index (χ3n) is 1.54. The lowest BCUT2D eigenvalue weighted by atomic mass is 10.2. The van der Waals surface area contributed by atoms with Crippen molar-refractivity contribution < 1.29 is 9.90 Å². The maximum atomic E-state index is 9.25. The fraction of sp³-hybridized carbons (Fsp3) is 0.0625. The van der Waals surface area contributed by atoms with Crippen LogP contribution < -0.4 is 0 Å². The van der Waals surface area contributed by atoms with Gasteiger partial charge in [0.25, 0.3) is 0 Å². The van der Waals surface area contributed by atoms with Gasteiger partial charge in [0.05, 0.1) is 0 Å².